The van der Waals surface area contributed by atoms with E-state index in [0.717, 1.165) is 54.2 Å². The number of nitrogens with one attached hydrogen (secondary N) is 1. The van der Waals surface area contributed by atoms with Gasteiger partial charge in [0.05, 0.1) is 30.5 Å². The van der Waals surface area contributed by atoms with Gasteiger partial charge in [-0.2, -0.15) is 5.10 Å². The number of benzene rings is 1. The predicted octanol–water partition coefficient (Wildman–Crippen LogP) is 3.85. The number of aromatic nitrogens is 3. The van der Waals surface area contributed by atoms with E-state index in [4.69, 9.17) is 9.72 Å². The molecule has 2 fully saturated rings. The number of anilines is 2. The minimum Gasteiger partial charge on any atom is -0.374 e. The number of ether oxygens (including phenoxy) is 1. The van der Waals surface area contributed by atoms with Gasteiger partial charge < -0.3 is 19.9 Å². The van der Waals surface area contributed by atoms with Crippen LogP contribution in [0.1, 0.15) is 41.8 Å². The molecule has 0 aliphatic carbocycles. The maximum absolute atomic E-state index is 5.79. The largest absolute Gasteiger partial charge is 0.374 e. The molecule has 2 saturated heterocycles. The van der Waals surface area contributed by atoms with E-state index in [9.17, 15) is 0 Å². The summed E-state index contributed by atoms with van der Waals surface area (Å²) in [6, 6.07) is 9.17. The normalized spacial score (nSPS) is 21.0. The molecular formula is C25H32N6O. The molecule has 2 bridgehead atoms. The highest BCUT2D eigenvalue weighted by Gasteiger charge is 2.39. The molecule has 5 rings (SSSR count). The van der Waals surface area contributed by atoms with Crippen molar-refractivity contribution in [3.8, 4) is 0 Å². The summed E-state index contributed by atoms with van der Waals surface area (Å²) in [6.45, 7) is 8.94. The van der Waals surface area contributed by atoms with Gasteiger partial charge in [-0.1, -0.05) is 18.2 Å². The van der Waals surface area contributed by atoms with Crippen LogP contribution in [0.2, 0.25) is 0 Å². The van der Waals surface area contributed by atoms with Crippen LogP contribution >= 0.6 is 0 Å². The van der Waals surface area contributed by atoms with Crippen LogP contribution in [0.5, 0.6) is 0 Å². The molecule has 7 heteroatoms. The third-order valence-electron chi connectivity index (χ3n) is 6.85. The fourth-order valence-corrected chi connectivity index (χ4v) is 4.97. The Balaban J connectivity index is 1.54. The number of hydrogen-bond acceptors (Lipinski definition) is 7. The predicted molar refractivity (Wildman–Crippen MR) is 128 cm³/mol. The van der Waals surface area contributed by atoms with E-state index in [2.05, 4.69) is 70.4 Å². The highest BCUT2D eigenvalue weighted by Crippen LogP contribution is 2.35. The molecule has 0 saturated carbocycles. The summed E-state index contributed by atoms with van der Waals surface area (Å²) < 4.78 is 5.79. The summed E-state index contributed by atoms with van der Waals surface area (Å²) in [4.78, 5) is 9.33. The number of nitrogens with zero attached hydrogens (tertiary/aromatic N) is 5. The zero-order valence-corrected chi connectivity index (χ0v) is 19.6. The molecule has 2 aromatic heterocycles. The van der Waals surface area contributed by atoms with Crippen molar-refractivity contribution in [3.05, 3.63) is 52.8 Å². The van der Waals surface area contributed by atoms with Gasteiger partial charge in [0, 0.05) is 30.1 Å². The maximum Gasteiger partial charge on any atom is 0.157 e. The summed E-state index contributed by atoms with van der Waals surface area (Å²) in [5.41, 5.74) is 4.83. The molecule has 0 radical (unpaired) electrons. The number of fused-ring (bicyclic) bond motifs is 3. The van der Waals surface area contributed by atoms with E-state index in [1.807, 2.05) is 20.3 Å². The molecule has 2 aliphatic heterocycles. The lowest BCUT2D eigenvalue weighted by molar-refractivity contribution is 0.0989. The van der Waals surface area contributed by atoms with Crippen LogP contribution in [-0.4, -0.2) is 59.5 Å². The molecule has 1 N–H and O–H groups in total. The molecule has 4 heterocycles. The lowest BCUT2D eigenvalue weighted by Gasteiger charge is -2.28. The third-order valence-corrected chi connectivity index (χ3v) is 6.85. The molecule has 2 aliphatic rings. The van der Waals surface area contributed by atoms with E-state index >= 15 is 0 Å². The van der Waals surface area contributed by atoms with E-state index < -0.39 is 0 Å². The fraction of sp³-hybridized carbons (Fsp3) is 0.480. The molecule has 0 unspecified atom stereocenters. The van der Waals surface area contributed by atoms with E-state index in [1.54, 1.807) is 0 Å². The second-order valence-electron chi connectivity index (χ2n) is 9.47. The zero-order valence-electron chi connectivity index (χ0n) is 19.6. The van der Waals surface area contributed by atoms with Crippen molar-refractivity contribution in [1.29, 1.82) is 0 Å². The third kappa shape index (κ3) is 3.80. The van der Waals surface area contributed by atoms with Crippen LogP contribution in [0.3, 0.4) is 0 Å². The number of hydrogen-bond donors (Lipinski definition) is 1. The summed E-state index contributed by atoms with van der Waals surface area (Å²) in [7, 11) is 4.09. The van der Waals surface area contributed by atoms with Gasteiger partial charge in [-0.25, -0.2) is 4.98 Å². The molecule has 7 nitrogen and oxygen atoms in total. The summed E-state index contributed by atoms with van der Waals surface area (Å²) in [6.07, 6.45) is 3.40. The first kappa shape index (κ1) is 21.1. The van der Waals surface area contributed by atoms with Gasteiger partial charge in [-0.15, -0.1) is 5.10 Å². The molecule has 0 spiro atoms. The number of rotatable bonds is 6. The summed E-state index contributed by atoms with van der Waals surface area (Å²) >= 11 is 0. The van der Waals surface area contributed by atoms with Gasteiger partial charge >= 0.3 is 0 Å². The Morgan fingerprint density at radius 3 is 2.78 bits per heavy atom. The van der Waals surface area contributed by atoms with Crippen LogP contribution in [0.15, 0.2) is 30.5 Å². The van der Waals surface area contributed by atoms with Crippen molar-refractivity contribution < 1.29 is 4.74 Å². The lowest BCUT2D eigenvalue weighted by atomic mass is 9.98. The Morgan fingerprint density at radius 1 is 1.22 bits per heavy atom. The van der Waals surface area contributed by atoms with E-state index in [1.165, 1.54) is 16.7 Å². The van der Waals surface area contributed by atoms with Gasteiger partial charge in [0.2, 0.25) is 0 Å². The van der Waals surface area contributed by atoms with Crippen LogP contribution in [0, 0.1) is 13.8 Å². The van der Waals surface area contributed by atoms with Crippen LogP contribution in [0.4, 0.5) is 11.6 Å². The second kappa shape index (κ2) is 8.30. The SMILES string of the molecule is Cc1cccc([C@@H](C)Nc2nnc(CN(C)C)c3cnc(N4C[C@H]5C[C@@H]4CO5)cc23)c1C. The Morgan fingerprint density at radius 2 is 2.06 bits per heavy atom. The Kier molecular flexibility index (Phi) is 5.47. The molecule has 1 aromatic carbocycles. The number of aryl methyl sites for hydroxylation is 1. The van der Waals surface area contributed by atoms with Crippen molar-refractivity contribution in [2.24, 2.45) is 0 Å². The number of morpholine rings is 1. The monoisotopic (exact) mass is 432 g/mol. The molecular weight excluding hydrogens is 400 g/mol. The Labute approximate surface area is 189 Å². The first-order valence-corrected chi connectivity index (χ1v) is 11.4. The minimum atomic E-state index is 0.111. The topological polar surface area (TPSA) is 66.4 Å². The maximum atomic E-state index is 5.79. The first-order valence-electron chi connectivity index (χ1n) is 11.4. The second-order valence-corrected chi connectivity index (χ2v) is 9.47. The lowest BCUT2D eigenvalue weighted by Crippen LogP contribution is -2.37. The van der Waals surface area contributed by atoms with Crippen molar-refractivity contribution >= 4 is 22.4 Å². The quantitative estimate of drug-likeness (QED) is 0.634. The summed E-state index contributed by atoms with van der Waals surface area (Å²) in [5.74, 6) is 1.81. The standard InChI is InChI=1S/C25H32N6O/c1-15-7-6-8-20(16(15)2)17(3)27-25-21-10-24(31-12-19-9-18(31)14-32-19)26-11-22(21)23(28-29-25)13-30(4)5/h6-8,10-11,17-19H,9,12-14H2,1-5H3,(H,27,29)/t17-,18-,19-/m1/s1. The van der Waals surface area contributed by atoms with Gasteiger partial charge in [0.1, 0.15) is 5.82 Å². The smallest absolute Gasteiger partial charge is 0.157 e. The average molecular weight is 433 g/mol. The van der Waals surface area contributed by atoms with Crippen molar-refractivity contribution in [1.82, 2.24) is 20.1 Å². The molecule has 3 aromatic rings. The highest BCUT2D eigenvalue weighted by molar-refractivity contribution is 5.94. The van der Waals surface area contributed by atoms with Gasteiger partial charge in [0.15, 0.2) is 5.82 Å². The van der Waals surface area contributed by atoms with Crippen molar-refractivity contribution in [3.63, 3.8) is 0 Å². The van der Waals surface area contributed by atoms with Crippen LogP contribution in [-0.2, 0) is 11.3 Å². The minimum absolute atomic E-state index is 0.111. The summed E-state index contributed by atoms with van der Waals surface area (Å²) in [5, 5.41) is 15.0. The molecule has 32 heavy (non-hydrogen) atoms. The Hall–Kier alpha value is -2.77. The molecule has 0 amide bonds. The van der Waals surface area contributed by atoms with Gasteiger partial charge in [0.25, 0.3) is 0 Å². The highest BCUT2D eigenvalue weighted by atomic mass is 16.5. The average Bonchev–Trinajstić information content (AvgIpc) is 3.40. The van der Waals surface area contributed by atoms with Gasteiger partial charge in [-0.3, -0.25) is 0 Å². The van der Waals surface area contributed by atoms with Gasteiger partial charge in [-0.05, 0) is 64.0 Å². The Bertz CT molecular complexity index is 1150. The van der Waals surface area contributed by atoms with E-state index in [-0.39, 0.29) is 6.04 Å². The molecule has 3 atom stereocenters. The van der Waals surface area contributed by atoms with Crippen LogP contribution in [0.25, 0.3) is 10.8 Å². The first-order chi connectivity index (χ1) is 15.4. The number of pyridine rings is 1. The molecule has 168 valence electrons. The zero-order chi connectivity index (χ0) is 22.4. The fourth-order valence-electron chi connectivity index (χ4n) is 4.97. The van der Waals surface area contributed by atoms with E-state index in [0.29, 0.717) is 12.1 Å². The van der Waals surface area contributed by atoms with Crippen LogP contribution < -0.4 is 10.2 Å². The van der Waals surface area contributed by atoms with Crippen molar-refractivity contribution in [2.75, 3.05) is 37.5 Å². The van der Waals surface area contributed by atoms with Crippen molar-refractivity contribution in [2.45, 2.75) is 51.9 Å².